The summed E-state index contributed by atoms with van der Waals surface area (Å²) in [6, 6.07) is 0.114. The van der Waals surface area contributed by atoms with E-state index in [2.05, 4.69) is 46.4 Å². The van der Waals surface area contributed by atoms with Crippen LogP contribution in [0.25, 0.3) is 0 Å². The van der Waals surface area contributed by atoms with Crippen LogP contribution in [0.4, 0.5) is 0 Å². The normalized spacial score (nSPS) is 30.0. The highest BCUT2D eigenvalue weighted by Gasteiger charge is 2.52. The zero-order chi connectivity index (χ0) is 14.0. The van der Waals surface area contributed by atoms with E-state index in [1.807, 2.05) is 0 Å². The average molecular weight is 256 g/mol. The molecule has 1 rings (SSSR count). The Morgan fingerprint density at radius 1 is 1.11 bits per heavy atom. The molecule has 2 atom stereocenters. The number of hydrogen-bond donors (Lipinski definition) is 1. The molecule has 1 aliphatic rings. The smallest absolute Gasteiger partial charge is 0.0788 e. The van der Waals surface area contributed by atoms with E-state index in [1.54, 1.807) is 0 Å². The molecule has 1 fully saturated rings. The molecular weight excluding hydrogens is 224 g/mol. The van der Waals surface area contributed by atoms with Gasteiger partial charge in [0.2, 0.25) is 0 Å². The number of hydrogen-bond acceptors (Lipinski definition) is 3. The van der Waals surface area contributed by atoms with Crippen molar-refractivity contribution in [1.29, 1.82) is 0 Å². The largest absolute Gasteiger partial charge is 0.368 e. The fourth-order valence-corrected chi connectivity index (χ4v) is 3.11. The van der Waals surface area contributed by atoms with Crippen LogP contribution in [0.5, 0.6) is 0 Å². The van der Waals surface area contributed by atoms with Crippen molar-refractivity contribution in [3.63, 3.8) is 0 Å². The molecule has 108 valence electrons. The van der Waals surface area contributed by atoms with E-state index >= 15 is 0 Å². The lowest BCUT2D eigenvalue weighted by atomic mass is 9.82. The number of ether oxygens (including phenoxy) is 1. The van der Waals surface area contributed by atoms with E-state index in [9.17, 15) is 0 Å². The first-order chi connectivity index (χ1) is 8.24. The lowest BCUT2D eigenvalue weighted by molar-refractivity contribution is -0.0784. The molecule has 0 aliphatic carbocycles. The van der Waals surface area contributed by atoms with Gasteiger partial charge in [-0.25, -0.2) is 0 Å². The van der Waals surface area contributed by atoms with Crippen molar-refractivity contribution < 1.29 is 4.74 Å². The average Bonchev–Trinajstić information content (AvgIpc) is 2.41. The molecular formula is C15H32N2O. The van der Waals surface area contributed by atoms with Gasteiger partial charge in [0.25, 0.3) is 0 Å². The Morgan fingerprint density at radius 3 is 2.11 bits per heavy atom. The zero-order valence-electron chi connectivity index (χ0n) is 13.1. The van der Waals surface area contributed by atoms with E-state index in [0.29, 0.717) is 5.92 Å². The Bertz CT molecular complexity index is 263. The summed E-state index contributed by atoms with van der Waals surface area (Å²) in [5.74, 6) is 0.407. The van der Waals surface area contributed by atoms with Crippen LogP contribution in [0.15, 0.2) is 0 Å². The topological polar surface area (TPSA) is 38.5 Å². The van der Waals surface area contributed by atoms with Crippen molar-refractivity contribution in [2.24, 2.45) is 11.7 Å². The number of nitrogens with two attached hydrogens (primary N) is 1. The molecule has 0 saturated carbocycles. The third kappa shape index (κ3) is 3.46. The van der Waals surface area contributed by atoms with E-state index in [-0.39, 0.29) is 17.2 Å². The first-order valence-corrected chi connectivity index (χ1v) is 7.42. The second-order valence-corrected chi connectivity index (χ2v) is 6.69. The second kappa shape index (κ2) is 5.89. The van der Waals surface area contributed by atoms with Gasteiger partial charge >= 0.3 is 0 Å². The number of rotatable bonds is 6. The van der Waals surface area contributed by atoms with E-state index in [4.69, 9.17) is 10.5 Å². The van der Waals surface area contributed by atoms with Crippen LogP contribution in [-0.2, 0) is 4.74 Å². The standard InChI is InChI=1S/C15H32N2O/c1-7-9-10-17(8-2)11-12-13(16)15(5,6)18-14(12,3)4/h12-13H,7-11,16H2,1-6H3. The zero-order valence-corrected chi connectivity index (χ0v) is 13.1. The molecule has 3 nitrogen and oxygen atoms in total. The Balaban J connectivity index is 2.69. The number of nitrogens with zero attached hydrogens (tertiary/aromatic N) is 1. The van der Waals surface area contributed by atoms with Crippen molar-refractivity contribution in [3.05, 3.63) is 0 Å². The molecule has 0 aromatic heterocycles. The van der Waals surface area contributed by atoms with E-state index in [0.717, 1.165) is 13.1 Å². The molecule has 2 unspecified atom stereocenters. The van der Waals surface area contributed by atoms with Gasteiger partial charge in [-0.2, -0.15) is 0 Å². The summed E-state index contributed by atoms with van der Waals surface area (Å²) in [5.41, 5.74) is 6.08. The Morgan fingerprint density at radius 2 is 1.72 bits per heavy atom. The van der Waals surface area contributed by atoms with Gasteiger partial charge in [0.1, 0.15) is 0 Å². The van der Waals surface area contributed by atoms with Gasteiger partial charge in [0.15, 0.2) is 0 Å². The molecule has 1 aliphatic heterocycles. The second-order valence-electron chi connectivity index (χ2n) is 6.69. The third-order valence-corrected chi connectivity index (χ3v) is 4.39. The lowest BCUT2D eigenvalue weighted by Crippen LogP contribution is -2.48. The molecule has 0 aromatic rings. The monoisotopic (exact) mass is 256 g/mol. The minimum atomic E-state index is -0.210. The van der Waals surface area contributed by atoms with Crippen molar-refractivity contribution in [2.45, 2.75) is 71.6 Å². The Labute approximate surface area is 113 Å². The highest BCUT2D eigenvalue weighted by Crippen LogP contribution is 2.41. The predicted molar refractivity (Wildman–Crippen MR) is 77.7 cm³/mol. The van der Waals surface area contributed by atoms with Crippen molar-refractivity contribution in [1.82, 2.24) is 4.90 Å². The van der Waals surface area contributed by atoms with E-state index < -0.39 is 0 Å². The maximum absolute atomic E-state index is 6.41. The van der Waals surface area contributed by atoms with Gasteiger partial charge in [-0.1, -0.05) is 20.3 Å². The third-order valence-electron chi connectivity index (χ3n) is 4.39. The van der Waals surface area contributed by atoms with Crippen LogP contribution in [0.3, 0.4) is 0 Å². The first kappa shape index (κ1) is 15.9. The quantitative estimate of drug-likeness (QED) is 0.794. The Hall–Kier alpha value is -0.120. The summed E-state index contributed by atoms with van der Waals surface area (Å²) in [5, 5.41) is 0. The molecule has 0 amide bonds. The van der Waals surface area contributed by atoms with Crippen molar-refractivity contribution in [2.75, 3.05) is 19.6 Å². The van der Waals surface area contributed by atoms with E-state index in [1.165, 1.54) is 19.4 Å². The van der Waals surface area contributed by atoms with Gasteiger partial charge < -0.3 is 15.4 Å². The summed E-state index contributed by atoms with van der Waals surface area (Å²) in [6.45, 7) is 16.4. The first-order valence-electron chi connectivity index (χ1n) is 7.42. The molecule has 1 saturated heterocycles. The Kier molecular flexibility index (Phi) is 5.22. The van der Waals surface area contributed by atoms with Crippen LogP contribution < -0.4 is 5.73 Å². The summed E-state index contributed by atoms with van der Waals surface area (Å²) in [6.07, 6.45) is 2.51. The minimum absolute atomic E-state index is 0.114. The summed E-state index contributed by atoms with van der Waals surface area (Å²) in [7, 11) is 0. The fourth-order valence-electron chi connectivity index (χ4n) is 3.11. The van der Waals surface area contributed by atoms with Gasteiger partial charge in [0.05, 0.1) is 11.2 Å². The molecule has 1 heterocycles. The summed E-state index contributed by atoms with van der Waals surface area (Å²) >= 11 is 0. The van der Waals surface area contributed by atoms with Crippen LogP contribution in [0.2, 0.25) is 0 Å². The molecule has 18 heavy (non-hydrogen) atoms. The van der Waals surface area contributed by atoms with Crippen LogP contribution in [0, 0.1) is 5.92 Å². The van der Waals surface area contributed by atoms with Gasteiger partial charge in [-0.3, -0.25) is 0 Å². The van der Waals surface area contributed by atoms with Crippen LogP contribution in [-0.4, -0.2) is 41.8 Å². The van der Waals surface area contributed by atoms with Crippen molar-refractivity contribution in [3.8, 4) is 0 Å². The molecule has 0 spiro atoms. The summed E-state index contributed by atoms with van der Waals surface area (Å²) in [4.78, 5) is 2.51. The van der Waals surface area contributed by atoms with Crippen LogP contribution in [0.1, 0.15) is 54.4 Å². The minimum Gasteiger partial charge on any atom is -0.368 e. The predicted octanol–water partition coefficient (Wildman–Crippen LogP) is 2.64. The molecule has 0 bridgehead atoms. The maximum atomic E-state index is 6.41. The SMILES string of the molecule is CCCCN(CC)CC1C(N)C(C)(C)OC1(C)C. The molecule has 3 heteroatoms. The molecule has 0 radical (unpaired) electrons. The summed E-state index contributed by atoms with van der Waals surface area (Å²) < 4.78 is 6.16. The van der Waals surface area contributed by atoms with Gasteiger partial charge in [0, 0.05) is 18.5 Å². The lowest BCUT2D eigenvalue weighted by Gasteiger charge is -2.32. The van der Waals surface area contributed by atoms with Crippen molar-refractivity contribution >= 4 is 0 Å². The highest BCUT2D eigenvalue weighted by molar-refractivity contribution is 5.04. The molecule has 0 aromatic carbocycles. The van der Waals surface area contributed by atoms with Gasteiger partial charge in [-0.05, 0) is 47.2 Å². The number of unbranched alkanes of at least 4 members (excludes halogenated alkanes) is 1. The highest BCUT2D eigenvalue weighted by atomic mass is 16.5. The van der Waals surface area contributed by atoms with Gasteiger partial charge in [-0.15, -0.1) is 0 Å². The molecule has 2 N–H and O–H groups in total. The fraction of sp³-hybridized carbons (Fsp3) is 1.00. The van der Waals surface area contributed by atoms with Crippen LogP contribution >= 0.6 is 0 Å². The maximum Gasteiger partial charge on any atom is 0.0788 e.